The molecule has 0 aliphatic heterocycles. The van der Waals surface area contributed by atoms with Crippen molar-refractivity contribution >= 4 is 17.5 Å². The summed E-state index contributed by atoms with van der Waals surface area (Å²) in [7, 11) is 0. The third-order valence-electron chi connectivity index (χ3n) is 2.31. The number of rotatable bonds is 6. The summed E-state index contributed by atoms with van der Waals surface area (Å²) in [5.74, 6) is 4.76. The van der Waals surface area contributed by atoms with Gasteiger partial charge in [0.25, 0.3) is 5.91 Å². The molecule has 5 N–H and O–H groups in total. The van der Waals surface area contributed by atoms with Crippen molar-refractivity contribution in [1.82, 2.24) is 10.6 Å². The molecule has 0 saturated heterocycles. The number of para-hydroxylation sites is 1. The average molecular weight is 250 g/mol. The number of nitrogens with two attached hydrogens (primary N) is 1. The van der Waals surface area contributed by atoms with E-state index in [4.69, 9.17) is 5.84 Å². The van der Waals surface area contributed by atoms with Crippen molar-refractivity contribution in [2.24, 2.45) is 5.84 Å². The second-order valence-electron chi connectivity index (χ2n) is 3.72. The van der Waals surface area contributed by atoms with Gasteiger partial charge in [-0.2, -0.15) is 0 Å². The van der Waals surface area contributed by atoms with E-state index < -0.39 is 0 Å². The molecule has 0 aliphatic rings. The van der Waals surface area contributed by atoms with Gasteiger partial charge in [0.2, 0.25) is 5.91 Å². The molecule has 1 aromatic carbocycles. The largest absolute Gasteiger partial charge is 0.355 e. The highest BCUT2D eigenvalue weighted by molar-refractivity contribution is 6.00. The molecule has 0 unspecified atom stereocenters. The summed E-state index contributed by atoms with van der Waals surface area (Å²) in [6.45, 7) is 2.52. The minimum Gasteiger partial charge on any atom is -0.355 e. The minimum atomic E-state index is -0.338. The maximum Gasteiger partial charge on any atom is 0.253 e. The van der Waals surface area contributed by atoms with Gasteiger partial charge >= 0.3 is 0 Å². The van der Waals surface area contributed by atoms with Gasteiger partial charge < -0.3 is 16.1 Å². The van der Waals surface area contributed by atoms with Crippen LogP contribution in [0.5, 0.6) is 0 Å². The van der Waals surface area contributed by atoms with E-state index in [1.54, 1.807) is 24.3 Å². The van der Waals surface area contributed by atoms with Crippen LogP contribution in [0.15, 0.2) is 24.3 Å². The molecule has 0 spiro atoms. The Labute approximate surface area is 106 Å². The van der Waals surface area contributed by atoms with Crippen LogP contribution in [0, 0.1) is 0 Å². The minimum absolute atomic E-state index is 0.0439. The fraction of sp³-hybridized carbons (Fsp3) is 0.333. The number of benzene rings is 1. The first kappa shape index (κ1) is 14.0. The van der Waals surface area contributed by atoms with Gasteiger partial charge in [0.05, 0.1) is 17.8 Å². The molecule has 18 heavy (non-hydrogen) atoms. The fourth-order valence-electron chi connectivity index (χ4n) is 1.39. The number of hydrogen-bond donors (Lipinski definition) is 4. The Bertz CT molecular complexity index is 420. The summed E-state index contributed by atoms with van der Waals surface area (Å²) in [6.07, 6.45) is 0.861. The summed E-state index contributed by atoms with van der Waals surface area (Å²) in [5.41, 5.74) is 3.36. The third-order valence-corrected chi connectivity index (χ3v) is 2.31. The molecule has 0 aromatic heterocycles. The van der Waals surface area contributed by atoms with Gasteiger partial charge in [0.1, 0.15) is 0 Å². The number of carbonyl (C=O) groups excluding carboxylic acids is 2. The molecule has 0 saturated carbocycles. The second-order valence-corrected chi connectivity index (χ2v) is 3.72. The van der Waals surface area contributed by atoms with E-state index in [-0.39, 0.29) is 18.4 Å². The first-order valence-corrected chi connectivity index (χ1v) is 5.79. The van der Waals surface area contributed by atoms with Crippen LogP contribution in [0.3, 0.4) is 0 Å². The summed E-state index contributed by atoms with van der Waals surface area (Å²) in [6, 6.07) is 6.81. The first-order valence-electron chi connectivity index (χ1n) is 5.79. The molecule has 98 valence electrons. The standard InChI is InChI=1S/C12H18N4O2/c1-2-7-14-11(17)8-15-12(18)9-5-3-4-6-10(9)16-13/h3-6,16H,2,7-8,13H2,1H3,(H,14,17)(H,15,18). The zero-order valence-corrected chi connectivity index (χ0v) is 10.3. The van der Waals surface area contributed by atoms with Crippen LogP contribution in [-0.4, -0.2) is 24.9 Å². The number of amides is 2. The summed E-state index contributed by atoms with van der Waals surface area (Å²) in [4.78, 5) is 23.1. The predicted octanol–water partition coefficient (Wildman–Crippen LogP) is 0.228. The zero-order chi connectivity index (χ0) is 13.4. The molecule has 0 heterocycles. The molecule has 0 radical (unpaired) electrons. The molecule has 2 amide bonds. The SMILES string of the molecule is CCCNC(=O)CNC(=O)c1ccccc1NN. The Hall–Kier alpha value is -2.08. The van der Waals surface area contributed by atoms with E-state index in [1.165, 1.54) is 0 Å². The van der Waals surface area contributed by atoms with Gasteiger partial charge in [-0.25, -0.2) is 0 Å². The average Bonchev–Trinajstić information content (AvgIpc) is 2.42. The fourth-order valence-corrected chi connectivity index (χ4v) is 1.39. The van der Waals surface area contributed by atoms with Crippen molar-refractivity contribution < 1.29 is 9.59 Å². The van der Waals surface area contributed by atoms with E-state index in [0.29, 0.717) is 17.8 Å². The molecule has 0 bridgehead atoms. The first-order chi connectivity index (χ1) is 8.69. The van der Waals surface area contributed by atoms with Crippen molar-refractivity contribution in [3.05, 3.63) is 29.8 Å². The van der Waals surface area contributed by atoms with E-state index in [2.05, 4.69) is 16.1 Å². The van der Waals surface area contributed by atoms with Gasteiger partial charge in [0.15, 0.2) is 0 Å². The Morgan fingerprint density at radius 2 is 1.94 bits per heavy atom. The van der Waals surface area contributed by atoms with Crippen molar-refractivity contribution in [1.29, 1.82) is 0 Å². The number of nitrogen functional groups attached to an aromatic ring is 1. The Kier molecular flexibility index (Phi) is 5.66. The topological polar surface area (TPSA) is 96.2 Å². The highest BCUT2D eigenvalue weighted by Gasteiger charge is 2.10. The quantitative estimate of drug-likeness (QED) is 0.429. The van der Waals surface area contributed by atoms with Gasteiger partial charge in [0, 0.05) is 6.54 Å². The van der Waals surface area contributed by atoms with Crippen LogP contribution in [0.1, 0.15) is 23.7 Å². The summed E-state index contributed by atoms with van der Waals surface area (Å²) in [5, 5.41) is 5.21. The predicted molar refractivity (Wildman–Crippen MR) is 69.9 cm³/mol. The number of carbonyl (C=O) groups is 2. The van der Waals surface area contributed by atoms with Gasteiger partial charge in [-0.3, -0.25) is 15.4 Å². The molecule has 6 nitrogen and oxygen atoms in total. The smallest absolute Gasteiger partial charge is 0.253 e. The molecule has 6 heteroatoms. The number of anilines is 1. The van der Waals surface area contributed by atoms with E-state index in [9.17, 15) is 9.59 Å². The highest BCUT2D eigenvalue weighted by atomic mass is 16.2. The van der Waals surface area contributed by atoms with Crippen LogP contribution in [0.2, 0.25) is 0 Å². The second kappa shape index (κ2) is 7.29. The Balaban J connectivity index is 2.52. The van der Waals surface area contributed by atoms with Crippen LogP contribution in [0.25, 0.3) is 0 Å². The molecule has 1 aromatic rings. The normalized spacial score (nSPS) is 9.67. The maximum atomic E-state index is 11.8. The third kappa shape index (κ3) is 4.06. The van der Waals surface area contributed by atoms with Crippen molar-refractivity contribution in [3.8, 4) is 0 Å². The van der Waals surface area contributed by atoms with E-state index in [1.807, 2.05) is 6.92 Å². The zero-order valence-electron chi connectivity index (χ0n) is 10.3. The van der Waals surface area contributed by atoms with Crippen LogP contribution in [0.4, 0.5) is 5.69 Å². The molecule has 0 aliphatic carbocycles. The number of hydrogen-bond acceptors (Lipinski definition) is 4. The van der Waals surface area contributed by atoms with Gasteiger partial charge in [-0.05, 0) is 18.6 Å². The molecule has 1 rings (SSSR count). The lowest BCUT2D eigenvalue weighted by molar-refractivity contribution is -0.120. The number of hydrazine groups is 1. The molecule has 0 atom stereocenters. The van der Waals surface area contributed by atoms with Crippen LogP contribution < -0.4 is 21.9 Å². The monoisotopic (exact) mass is 250 g/mol. The lowest BCUT2D eigenvalue weighted by atomic mass is 10.1. The maximum absolute atomic E-state index is 11.8. The summed E-state index contributed by atoms with van der Waals surface area (Å²) >= 11 is 0. The Morgan fingerprint density at radius 1 is 1.22 bits per heavy atom. The lowest BCUT2D eigenvalue weighted by Gasteiger charge is -2.09. The van der Waals surface area contributed by atoms with Gasteiger partial charge in [-0.1, -0.05) is 19.1 Å². The van der Waals surface area contributed by atoms with E-state index in [0.717, 1.165) is 6.42 Å². The van der Waals surface area contributed by atoms with Crippen molar-refractivity contribution in [3.63, 3.8) is 0 Å². The highest BCUT2D eigenvalue weighted by Crippen LogP contribution is 2.12. The Morgan fingerprint density at radius 3 is 2.61 bits per heavy atom. The number of nitrogens with one attached hydrogen (secondary N) is 3. The van der Waals surface area contributed by atoms with Crippen molar-refractivity contribution in [2.75, 3.05) is 18.5 Å². The summed E-state index contributed by atoms with van der Waals surface area (Å²) < 4.78 is 0. The van der Waals surface area contributed by atoms with Crippen LogP contribution in [-0.2, 0) is 4.79 Å². The van der Waals surface area contributed by atoms with Crippen molar-refractivity contribution in [2.45, 2.75) is 13.3 Å². The van der Waals surface area contributed by atoms with Crippen LogP contribution >= 0.6 is 0 Å². The lowest BCUT2D eigenvalue weighted by Crippen LogP contribution is -2.37. The molecule has 0 fully saturated rings. The molecular weight excluding hydrogens is 232 g/mol. The van der Waals surface area contributed by atoms with Gasteiger partial charge in [-0.15, -0.1) is 0 Å². The van der Waals surface area contributed by atoms with E-state index >= 15 is 0 Å². The molecular formula is C12H18N4O2.